The van der Waals surface area contributed by atoms with E-state index in [9.17, 15) is 0 Å². The lowest BCUT2D eigenvalue weighted by molar-refractivity contribution is 0.151. The van der Waals surface area contributed by atoms with Crippen molar-refractivity contribution in [2.45, 2.75) is 31.8 Å². The highest BCUT2D eigenvalue weighted by Gasteiger charge is 2.23. The van der Waals surface area contributed by atoms with Crippen molar-refractivity contribution in [1.82, 2.24) is 10.2 Å². The van der Waals surface area contributed by atoms with Crippen LogP contribution in [0.4, 0.5) is 0 Å². The lowest BCUT2D eigenvalue weighted by atomic mass is 10.0. The largest absolute Gasteiger partial charge is 0.316 e. The van der Waals surface area contributed by atoms with Gasteiger partial charge in [-0.25, -0.2) is 0 Å². The van der Waals surface area contributed by atoms with Crippen LogP contribution >= 0.6 is 27.3 Å². The fourth-order valence-corrected chi connectivity index (χ4v) is 3.86. The Morgan fingerprint density at radius 3 is 3.06 bits per heavy atom. The molecule has 1 aromatic rings. The molecule has 2 atom stereocenters. The number of nitrogens with zero attached hydrogens (tertiary/aromatic N) is 1. The molecule has 0 aliphatic carbocycles. The Morgan fingerprint density at radius 2 is 2.44 bits per heavy atom. The van der Waals surface area contributed by atoms with Gasteiger partial charge in [0.1, 0.15) is 0 Å². The van der Waals surface area contributed by atoms with Crippen molar-refractivity contribution in [3.8, 4) is 0 Å². The number of piperidine rings is 1. The number of halogens is 1. The normalized spacial score (nSPS) is 24.6. The van der Waals surface area contributed by atoms with Gasteiger partial charge < -0.3 is 5.32 Å². The van der Waals surface area contributed by atoms with Gasteiger partial charge in [-0.1, -0.05) is 0 Å². The summed E-state index contributed by atoms with van der Waals surface area (Å²) in [7, 11) is 2.07. The molecule has 90 valence electrons. The topological polar surface area (TPSA) is 15.3 Å². The Kier molecular flexibility index (Phi) is 4.41. The third-order valence-corrected chi connectivity index (χ3v) is 5.27. The quantitative estimate of drug-likeness (QED) is 0.922. The number of nitrogens with one attached hydrogen (secondary N) is 1. The van der Waals surface area contributed by atoms with E-state index in [1.54, 1.807) is 0 Å². The van der Waals surface area contributed by atoms with Gasteiger partial charge in [-0.05, 0) is 55.4 Å². The fourth-order valence-electron chi connectivity index (χ4n) is 2.32. The maximum absolute atomic E-state index is 3.53. The van der Waals surface area contributed by atoms with Crippen molar-refractivity contribution < 1.29 is 0 Å². The zero-order chi connectivity index (χ0) is 11.5. The number of hydrogen-bond donors (Lipinski definition) is 1. The monoisotopic (exact) mass is 302 g/mol. The van der Waals surface area contributed by atoms with E-state index in [2.05, 4.69) is 51.6 Å². The van der Waals surface area contributed by atoms with Gasteiger partial charge in [-0.2, -0.15) is 0 Å². The Balaban J connectivity index is 2.01. The Labute approximate surface area is 110 Å². The molecular weight excluding hydrogens is 284 g/mol. The van der Waals surface area contributed by atoms with Crippen LogP contribution in [0.3, 0.4) is 0 Å². The predicted octanol–water partition coefficient (Wildman–Crippen LogP) is 3.26. The second-order valence-corrected chi connectivity index (χ2v) is 6.32. The minimum Gasteiger partial charge on any atom is -0.316 e. The molecule has 0 saturated carbocycles. The zero-order valence-corrected chi connectivity index (χ0v) is 12.3. The van der Waals surface area contributed by atoms with Crippen LogP contribution in [0.2, 0.25) is 0 Å². The van der Waals surface area contributed by atoms with Gasteiger partial charge in [0.2, 0.25) is 0 Å². The standard InChI is InChI=1S/C12H19BrN2S/c1-9(12-6-10(13)8-16-12)15-5-3-4-11(7-15)14-2/h6,8-9,11,14H,3-5,7H2,1-2H3. The second kappa shape index (κ2) is 5.63. The predicted molar refractivity (Wildman–Crippen MR) is 74.1 cm³/mol. The summed E-state index contributed by atoms with van der Waals surface area (Å²) < 4.78 is 1.21. The van der Waals surface area contributed by atoms with Crippen LogP contribution < -0.4 is 5.32 Å². The summed E-state index contributed by atoms with van der Waals surface area (Å²) in [5, 5.41) is 5.57. The van der Waals surface area contributed by atoms with Gasteiger partial charge in [-0.15, -0.1) is 11.3 Å². The van der Waals surface area contributed by atoms with E-state index in [0.717, 1.165) is 0 Å². The van der Waals surface area contributed by atoms with Gasteiger partial charge in [0.15, 0.2) is 0 Å². The Morgan fingerprint density at radius 1 is 1.62 bits per heavy atom. The third kappa shape index (κ3) is 2.86. The van der Waals surface area contributed by atoms with E-state index < -0.39 is 0 Å². The molecule has 4 heteroatoms. The van der Waals surface area contributed by atoms with Crippen LogP contribution in [0.25, 0.3) is 0 Å². The molecule has 2 nitrogen and oxygen atoms in total. The minimum atomic E-state index is 0.549. The van der Waals surface area contributed by atoms with E-state index in [4.69, 9.17) is 0 Å². The molecule has 0 aromatic carbocycles. The van der Waals surface area contributed by atoms with Gasteiger partial charge in [0, 0.05) is 33.4 Å². The molecule has 16 heavy (non-hydrogen) atoms. The second-order valence-electron chi connectivity index (χ2n) is 4.47. The van der Waals surface area contributed by atoms with E-state index in [0.29, 0.717) is 12.1 Å². The molecule has 1 aromatic heterocycles. The van der Waals surface area contributed by atoms with Crippen molar-refractivity contribution in [2.24, 2.45) is 0 Å². The first-order chi connectivity index (χ1) is 7.70. The van der Waals surface area contributed by atoms with Crippen molar-refractivity contribution in [3.63, 3.8) is 0 Å². The van der Waals surface area contributed by atoms with Gasteiger partial charge >= 0.3 is 0 Å². The lowest BCUT2D eigenvalue weighted by Crippen LogP contribution is -2.45. The first kappa shape index (κ1) is 12.6. The lowest BCUT2D eigenvalue weighted by Gasteiger charge is -2.36. The van der Waals surface area contributed by atoms with E-state index in [1.807, 2.05) is 11.3 Å². The first-order valence-electron chi connectivity index (χ1n) is 5.86. The molecule has 1 aliphatic rings. The molecule has 1 N–H and O–H groups in total. The summed E-state index contributed by atoms with van der Waals surface area (Å²) in [6.07, 6.45) is 2.62. The fraction of sp³-hybridized carbons (Fsp3) is 0.667. The number of hydrogen-bond acceptors (Lipinski definition) is 3. The van der Waals surface area contributed by atoms with Crippen LogP contribution in [0.15, 0.2) is 15.9 Å². The number of likely N-dealkylation sites (N-methyl/N-ethyl adjacent to an activating group) is 1. The molecule has 2 unspecified atom stereocenters. The van der Waals surface area contributed by atoms with E-state index in [1.165, 1.54) is 35.3 Å². The highest BCUT2D eigenvalue weighted by Crippen LogP contribution is 2.30. The van der Waals surface area contributed by atoms with Crippen LogP contribution in [0.1, 0.15) is 30.7 Å². The minimum absolute atomic E-state index is 0.549. The molecule has 0 radical (unpaired) electrons. The summed E-state index contributed by atoms with van der Waals surface area (Å²) in [5.74, 6) is 0. The molecule has 0 amide bonds. The Bertz CT molecular complexity index is 340. The van der Waals surface area contributed by atoms with Crippen LogP contribution in [-0.4, -0.2) is 31.1 Å². The first-order valence-corrected chi connectivity index (χ1v) is 7.53. The van der Waals surface area contributed by atoms with Crippen LogP contribution in [-0.2, 0) is 0 Å². The van der Waals surface area contributed by atoms with Crippen LogP contribution in [0, 0.1) is 0 Å². The number of rotatable bonds is 3. The summed E-state index contributed by atoms with van der Waals surface area (Å²) in [6, 6.07) is 3.46. The van der Waals surface area contributed by atoms with Gasteiger partial charge in [-0.3, -0.25) is 4.90 Å². The average molecular weight is 303 g/mol. The molecule has 2 rings (SSSR count). The molecule has 2 heterocycles. The summed E-state index contributed by atoms with van der Waals surface area (Å²) in [6.45, 7) is 4.72. The molecule has 1 saturated heterocycles. The highest BCUT2D eigenvalue weighted by atomic mass is 79.9. The molecule has 0 spiro atoms. The highest BCUT2D eigenvalue weighted by molar-refractivity contribution is 9.10. The maximum Gasteiger partial charge on any atom is 0.0414 e. The Hall–Kier alpha value is 0.1000. The smallest absolute Gasteiger partial charge is 0.0414 e. The summed E-state index contributed by atoms with van der Waals surface area (Å²) in [5.41, 5.74) is 0. The van der Waals surface area contributed by atoms with Crippen molar-refractivity contribution in [2.75, 3.05) is 20.1 Å². The summed E-state index contributed by atoms with van der Waals surface area (Å²) in [4.78, 5) is 4.05. The molecule has 0 bridgehead atoms. The van der Waals surface area contributed by atoms with Crippen molar-refractivity contribution in [3.05, 3.63) is 20.8 Å². The number of thiophene rings is 1. The maximum atomic E-state index is 3.53. The van der Waals surface area contributed by atoms with Crippen molar-refractivity contribution in [1.29, 1.82) is 0 Å². The van der Waals surface area contributed by atoms with Gasteiger partial charge in [0.25, 0.3) is 0 Å². The molecule has 1 fully saturated rings. The third-order valence-electron chi connectivity index (χ3n) is 3.41. The number of likely N-dealkylation sites (tertiary alicyclic amines) is 1. The van der Waals surface area contributed by atoms with Gasteiger partial charge in [0.05, 0.1) is 0 Å². The SMILES string of the molecule is CNC1CCCN(C(C)c2cc(Br)cs2)C1. The van der Waals surface area contributed by atoms with E-state index >= 15 is 0 Å². The average Bonchev–Trinajstić information content (AvgIpc) is 2.75. The summed E-state index contributed by atoms with van der Waals surface area (Å²) >= 11 is 5.38. The van der Waals surface area contributed by atoms with Crippen molar-refractivity contribution >= 4 is 27.3 Å². The van der Waals surface area contributed by atoms with Crippen LogP contribution in [0.5, 0.6) is 0 Å². The molecular formula is C12H19BrN2S. The zero-order valence-electron chi connectivity index (χ0n) is 9.87. The molecule has 1 aliphatic heterocycles. The van der Waals surface area contributed by atoms with E-state index in [-0.39, 0.29) is 0 Å².